The Bertz CT molecular complexity index is 199. The monoisotopic (exact) mass is 229 g/mol. The number of nitrogens with one attached hydrogen (secondary N) is 2. The molecule has 0 aromatic rings. The number of carbonyl (C=O) groups excluding carboxylic acids is 2. The van der Waals surface area contributed by atoms with Crippen LogP contribution in [0.2, 0.25) is 0 Å². The molecule has 94 valence electrons. The quantitative estimate of drug-likeness (QED) is 0.663. The zero-order valence-corrected chi connectivity index (χ0v) is 10.4. The lowest BCUT2D eigenvalue weighted by atomic mass is 9.91. The number of carbonyl (C=O) groups is 2. The van der Waals surface area contributed by atoms with Crippen molar-refractivity contribution in [2.45, 2.75) is 58.5 Å². The van der Waals surface area contributed by atoms with Crippen LogP contribution in [0.5, 0.6) is 0 Å². The minimum Gasteiger partial charge on any atom is -0.354 e. The molecule has 5 nitrogen and oxygen atoms in total. The maximum absolute atomic E-state index is 10.8. The van der Waals surface area contributed by atoms with Gasteiger partial charge in [-0.05, 0) is 25.7 Å². The molecule has 16 heavy (non-hydrogen) atoms. The molecule has 0 aromatic heterocycles. The second-order valence-corrected chi connectivity index (χ2v) is 3.76. The molecule has 0 aliphatic heterocycles. The fraction of sp³-hybridized carbons (Fsp3) is 0.818. The summed E-state index contributed by atoms with van der Waals surface area (Å²) in [5.41, 5.74) is 5.02. The molecule has 0 atom stereocenters. The molecule has 1 saturated carbocycles. The van der Waals surface area contributed by atoms with E-state index in [9.17, 15) is 9.59 Å². The number of hydrogen-bond acceptors (Lipinski definition) is 2. The molecule has 0 aromatic carbocycles. The van der Waals surface area contributed by atoms with E-state index in [1.165, 1.54) is 6.92 Å². The molecule has 1 aliphatic carbocycles. The number of amides is 3. The number of primary amides is 1. The summed E-state index contributed by atoms with van der Waals surface area (Å²) in [5, 5.41) is 5.55. The molecule has 0 bridgehead atoms. The lowest BCUT2D eigenvalue weighted by molar-refractivity contribution is -0.119. The van der Waals surface area contributed by atoms with Gasteiger partial charge >= 0.3 is 6.03 Å². The molecule has 0 heterocycles. The van der Waals surface area contributed by atoms with Crippen LogP contribution >= 0.6 is 0 Å². The van der Waals surface area contributed by atoms with Gasteiger partial charge in [-0.15, -0.1) is 0 Å². The van der Waals surface area contributed by atoms with Gasteiger partial charge in [-0.3, -0.25) is 4.79 Å². The van der Waals surface area contributed by atoms with Gasteiger partial charge in [0.2, 0.25) is 5.91 Å². The fourth-order valence-corrected chi connectivity index (χ4v) is 1.87. The number of hydrogen-bond donors (Lipinski definition) is 3. The fourth-order valence-electron chi connectivity index (χ4n) is 1.87. The van der Waals surface area contributed by atoms with E-state index in [0.29, 0.717) is 0 Å². The van der Waals surface area contributed by atoms with E-state index in [1.54, 1.807) is 0 Å². The van der Waals surface area contributed by atoms with E-state index in [0.717, 1.165) is 25.7 Å². The molecule has 0 radical (unpaired) electrons. The Kier molecular flexibility index (Phi) is 7.33. The minimum absolute atomic E-state index is 0.0105. The Morgan fingerprint density at radius 2 is 1.38 bits per heavy atom. The summed E-state index contributed by atoms with van der Waals surface area (Å²) in [6, 6.07) is -0.0242. The Hall–Kier alpha value is -1.26. The minimum atomic E-state index is -0.465. The third-order valence-electron chi connectivity index (χ3n) is 2.48. The van der Waals surface area contributed by atoms with Gasteiger partial charge in [-0.2, -0.15) is 0 Å². The van der Waals surface area contributed by atoms with Crippen molar-refractivity contribution >= 4 is 11.9 Å². The number of rotatable bonds is 2. The first-order valence-electron chi connectivity index (χ1n) is 5.91. The zero-order chi connectivity index (χ0) is 12.6. The molecule has 3 amide bonds. The van der Waals surface area contributed by atoms with Crippen molar-refractivity contribution in [3.05, 3.63) is 0 Å². The van der Waals surface area contributed by atoms with E-state index < -0.39 is 6.03 Å². The number of nitrogens with two attached hydrogens (primary N) is 1. The summed E-state index contributed by atoms with van der Waals surface area (Å²) in [5.74, 6) is 0.0105. The zero-order valence-electron chi connectivity index (χ0n) is 10.4. The Morgan fingerprint density at radius 1 is 1.00 bits per heavy atom. The van der Waals surface area contributed by atoms with Crippen LogP contribution < -0.4 is 16.4 Å². The van der Waals surface area contributed by atoms with Gasteiger partial charge in [0.15, 0.2) is 0 Å². The molecule has 1 aliphatic rings. The summed E-state index contributed by atoms with van der Waals surface area (Å²) < 4.78 is 0. The number of urea groups is 1. The van der Waals surface area contributed by atoms with Gasteiger partial charge < -0.3 is 16.4 Å². The van der Waals surface area contributed by atoms with Crippen molar-refractivity contribution in [3.8, 4) is 0 Å². The maximum atomic E-state index is 10.8. The van der Waals surface area contributed by atoms with Crippen LogP contribution in [-0.2, 0) is 4.79 Å². The van der Waals surface area contributed by atoms with Crippen LogP contribution in [-0.4, -0.2) is 24.0 Å². The molecule has 5 heteroatoms. The molecule has 0 unspecified atom stereocenters. The third kappa shape index (κ3) is 6.27. The second kappa shape index (κ2) is 7.96. The third-order valence-corrected chi connectivity index (χ3v) is 2.48. The second-order valence-electron chi connectivity index (χ2n) is 3.76. The van der Waals surface area contributed by atoms with Gasteiger partial charge in [-0.25, -0.2) is 4.79 Å². The van der Waals surface area contributed by atoms with Crippen molar-refractivity contribution in [1.29, 1.82) is 0 Å². The molecular formula is C11H23N3O2. The standard InChI is InChI=1S/C9H17N3O2.C2H6/c1-6(13)11-7-2-4-8(5-3-7)12-9(10)14;1-2/h7-8H,2-5H2,1H3,(H,11,13)(H3,10,12,14);1-2H3. The van der Waals surface area contributed by atoms with E-state index >= 15 is 0 Å². The predicted octanol–water partition coefficient (Wildman–Crippen LogP) is 1.13. The van der Waals surface area contributed by atoms with Gasteiger partial charge in [0.1, 0.15) is 0 Å². The molecule has 1 rings (SSSR count). The smallest absolute Gasteiger partial charge is 0.312 e. The molecule has 0 spiro atoms. The van der Waals surface area contributed by atoms with Gasteiger partial charge in [0.25, 0.3) is 0 Å². The predicted molar refractivity (Wildman–Crippen MR) is 63.9 cm³/mol. The lowest BCUT2D eigenvalue weighted by Gasteiger charge is -2.28. The highest BCUT2D eigenvalue weighted by molar-refractivity contribution is 5.73. The van der Waals surface area contributed by atoms with Crippen molar-refractivity contribution in [3.63, 3.8) is 0 Å². The topological polar surface area (TPSA) is 84.2 Å². The Balaban J connectivity index is 0.00000106. The maximum Gasteiger partial charge on any atom is 0.312 e. The van der Waals surface area contributed by atoms with Gasteiger partial charge in [0, 0.05) is 19.0 Å². The van der Waals surface area contributed by atoms with E-state index in [-0.39, 0.29) is 18.0 Å². The van der Waals surface area contributed by atoms with Crippen LogP contribution in [0.3, 0.4) is 0 Å². The summed E-state index contributed by atoms with van der Waals surface area (Å²) in [7, 11) is 0. The summed E-state index contributed by atoms with van der Waals surface area (Å²) in [6.45, 7) is 5.52. The van der Waals surface area contributed by atoms with E-state index in [1.807, 2.05) is 13.8 Å². The van der Waals surface area contributed by atoms with Crippen LogP contribution in [0.4, 0.5) is 4.79 Å². The largest absolute Gasteiger partial charge is 0.354 e. The van der Waals surface area contributed by atoms with E-state index in [2.05, 4.69) is 10.6 Å². The molecular weight excluding hydrogens is 206 g/mol. The first-order valence-corrected chi connectivity index (χ1v) is 5.91. The normalized spacial score (nSPS) is 23.7. The average Bonchev–Trinajstić information content (AvgIpc) is 2.22. The SMILES string of the molecule is CC.CC(=O)NC1CCC(NC(N)=O)CC1. The molecule has 1 fully saturated rings. The highest BCUT2D eigenvalue weighted by atomic mass is 16.2. The van der Waals surface area contributed by atoms with Crippen LogP contribution in [0.1, 0.15) is 46.5 Å². The average molecular weight is 229 g/mol. The summed E-state index contributed by atoms with van der Waals surface area (Å²) in [6.07, 6.45) is 3.58. The van der Waals surface area contributed by atoms with Crippen molar-refractivity contribution in [2.24, 2.45) is 5.73 Å². The Labute approximate surface area is 97.2 Å². The van der Waals surface area contributed by atoms with Gasteiger partial charge in [-0.1, -0.05) is 13.8 Å². The summed E-state index contributed by atoms with van der Waals surface area (Å²) in [4.78, 5) is 21.3. The van der Waals surface area contributed by atoms with Gasteiger partial charge in [0.05, 0.1) is 0 Å². The first-order chi connectivity index (χ1) is 7.58. The molecule has 0 saturated heterocycles. The van der Waals surface area contributed by atoms with Crippen molar-refractivity contribution in [2.75, 3.05) is 0 Å². The molecule has 4 N–H and O–H groups in total. The van der Waals surface area contributed by atoms with Crippen molar-refractivity contribution in [1.82, 2.24) is 10.6 Å². The van der Waals surface area contributed by atoms with Crippen molar-refractivity contribution < 1.29 is 9.59 Å². The lowest BCUT2D eigenvalue weighted by Crippen LogP contribution is -2.44. The highest BCUT2D eigenvalue weighted by Gasteiger charge is 2.21. The van der Waals surface area contributed by atoms with Crippen LogP contribution in [0.15, 0.2) is 0 Å². The van der Waals surface area contributed by atoms with Crippen LogP contribution in [0, 0.1) is 0 Å². The van der Waals surface area contributed by atoms with Crippen LogP contribution in [0.25, 0.3) is 0 Å². The summed E-state index contributed by atoms with van der Waals surface area (Å²) >= 11 is 0. The highest BCUT2D eigenvalue weighted by Crippen LogP contribution is 2.18. The first kappa shape index (κ1) is 14.7. The Morgan fingerprint density at radius 3 is 1.69 bits per heavy atom. The van der Waals surface area contributed by atoms with E-state index in [4.69, 9.17) is 5.73 Å².